The molecule has 6 heterocycles. The van der Waals surface area contributed by atoms with Crippen LogP contribution in [0.25, 0.3) is 82.9 Å². The minimum atomic E-state index is -1.72. The molecule has 0 spiro atoms. The van der Waals surface area contributed by atoms with Gasteiger partial charge in [-0.1, -0.05) is 207 Å². The smallest absolute Gasteiger partial charge is 0.385 e. The summed E-state index contributed by atoms with van der Waals surface area (Å²) >= 11 is 1.81. The number of ketones is 1. The molecule has 3 fully saturated rings. The highest BCUT2D eigenvalue weighted by Crippen LogP contribution is 2.47. The van der Waals surface area contributed by atoms with Crippen molar-refractivity contribution in [3.8, 4) is 17.5 Å². The van der Waals surface area contributed by atoms with Gasteiger partial charge in [-0.15, -0.1) is 17.0 Å². The predicted octanol–water partition coefficient (Wildman–Crippen LogP) is 23.6. The molecule has 0 atom stereocenters. The number of pyridine rings is 3. The Bertz CT molecular complexity index is 4890. The van der Waals surface area contributed by atoms with Crippen molar-refractivity contribution in [1.29, 1.82) is 0 Å². The van der Waals surface area contributed by atoms with Crippen LogP contribution in [0.5, 0.6) is 0 Å². The van der Waals surface area contributed by atoms with E-state index >= 15 is 0 Å². The first-order chi connectivity index (χ1) is 45.8. The molecule has 14 heteroatoms. The van der Waals surface area contributed by atoms with E-state index in [1.165, 1.54) is 108 Å². The molecule has 1 N–H and O–H groups in total. The third kappa shape index (κ3) is 15.9. The van der Waals surface area contributed by atoms with Gasteiger partial charge in [0, 0.05) is 73.6 Å². The summed E-state index contributed by atoms with van der Waals surface area (Å²) in [6.45, 7) is 6.40. The number of aryl methyl sites for hydroxylation is 3. The molecule has 0 saturated heterocycles. The first-order valence-electron chi connectivity index (χ1n) is 32.6. The van der Waals surface area contributed by atoms with Gasteiger partial charge in [0.15, 0.2) is 0 Å². The van der Waals surface area contributed by atoms with Crippen LogP contribution < -0.4 is 0 Å². The van der Waals surface area contributed by atoms with Gasteiger partial charge in [-0.3, -0.25) is 18.5 Å². The molecule has 3 aliphatic carbocycles. The fourth-order valence-corrected chi connectivity index (χ4v) is 14.4. The minimum Gasteiger partial charge on any atom is -0.385 e. The van der Waals surface area contributed by atoms with E-state index in [2.05, 4.69) is 236 Å². The monoisotopic (exact) mass is 1470 g/mol. The van der Waals surface area contributed by atoms with Gasteiger partial charge in [0.2, 0.25) is 0 Å². The molecule has 0 aliphatic heterocycles. The summed E-state index contributed by atoms with van der Waals surface area (Å²) in [6.07, 6.45) is 18.4. The van der Waals surface area contributed by atoms with Crippen molar-refractivity contribution in [2.45, 2.75) is 116 Å². The average Bonchev–Trinajstić information content (AvgIpc) is 1.61. The summed E-state index contributed by atoms with van der Waals surface area (Å²) in [7, 11) is 14.8. The zero-order chi connectivity index (χ0) is 65.2. The van der Waals surface area contributed by atoms with Crippen LogP contribution in [0.1, 0.15) is 118 Å². The molecule has 0 amide bonds. The maximum atomic E-state index is 11.0. The van der Waals surface area contributed by atoms with Crippen LogP contribution in [0.2, 0.25) is 0 Å². The van der Waals surface area contributed by atoms with E-state index in [0.717, 1.165) is 89.9 Å². The number of aromatic nitrogens is 6. The highest BCUT2D eigenvalue weighted by atomic mass is 79.9. The third-order valence-corrected chi connectivity index (χ3v) is 19.0. The fourth-order valence-electron chi connectivity index (χ4n) is 14.0. The van der Waals surface area contributed by atoms with Crippen molar-refractivity contribution in [3.05, 3.63) is 287 Å². The lowest BCUT2D eigenvalue weighted by molar-refractivity contribution is -0.117. The Labute approximate surface area is 599 Å². The number of hydrogen-bond donors (Lipinski definition) is 1. The number of carbonyl (C=O) groups excluding carboxylic acids is 1. The Morgan fingerprint density at radius 2 is 0.729 bits per heavy atom. The Morgan fingerprint density at radius 3 is 1.12 bits per heavy atom. The second-order valence-corrected chi connectivity index (χ2v) is 32.1. The second kappa shape index (κ2) is 32.8. The molecule has 8 nitrogen and oxygen atoms in total. The predicted molar refractivity (Wildman–Crippen MR) is 416 cm³/mol. The summed E-state index contributed by atoms with van der Waals surface area (Å²) < 4.78 is 7.82. The van der Waals surface area contributed by atoms with Gasteiger partial charge in [-0.05, 0) is 165 Å². The van der Waals surface area contributed by atoms with Gasteiger partial charge in [0.25, 0.3) is 0 Å². The summed E-state index contributed by atoms with van der Waals surface area (Å²) in [5.41, 5.74) is 14.1. The first-order valence-corrected chi connectivity index (χ1v) is 38.6. The second-order valence-electron chi connectivity index (χ2n) is 24.8. The van der Waals surface area contributed by atoms with E-state index in [0.29, 0.717) is 5.78 Å². The molecule has 96 heavy (non-hydrogen) atoms. The standard InChI is InChI=1S/C29H26N2.C23H22N2O.C18H13BrN2.C6H6.C5H8O.CH4.Al.BrH.3ClH/c1-21-13-14-25-24-11-5-6-12-26(24)31(27(25)19-21)28-20-23(15-18-30-28)29(16-7-8-17-29)22-9-3-2-4-10-22;1-16-8-9-19-18-6-2-3-7-20(18)25(21(19)14-16)22-15-17(10-13-24-22)23(26)11-4-5-12-23;1-12-6-7-15-14-4-2-3-5-16(14)21(17(15)10-12)18-11-13(19)8-9-20-18;1-2-4-6-5-3-1;6-5-3-1-2-4-5;;;;;;/h2-6,9-15,18-20H,7-8,16-17H2,1H3;2-3,6-10,13-15,26H,4-5,11-12H2,1H3;2-11H,1H3;1-6H;1-4H2;1H4;;4*1H/q;;;;;;+3;;;;/p-3. The van der Waals surface area contributed by atoms with Crippen molar-refractivity contribution in [1.82, 2.24) is 28.7 Å². The van der Waals surface area contributed by atoms with E-state index in [1.807, 2.05) is 73.2 Å². The maximum absolute atomic E-state index is 11.0. The lowest BCUT2D eigenvalue weighted by Gasteiger charge is -2.31. The Kier molecular flexibility index (Phi) is 24.4. The molecular formula is C82H80AlBr2Cl3N6O2. The molecule has 3 saturated carbocycles. The molecular weight excluding hydrogens is 1390 g/mol. The van der Waals surface area contributed by atoms with Gasteiger partial charge in [-0.2, -0.15) is 0 Å². The van der Waals surface area contributed by atoms with Crippen molar-refractivity contribution < 1.29 is 9.90 Å². The van der Waals surface area contributed by atoms with E-state index in [-0.39, 0.29) is 29.8 Å². The van der Waals surface area contributed by atoms with Crippen LogP contribution in [-0.2, 0) is 15.8 Å². The largest absolute Gasteiger partial charge is 0.643 e. The highest BCUT2D eigenvalue weighted by molar-refractivity contribution is 9.10. The maximum Gasteiger partial charge on any atom is 0.643 e. The molecule has 0 bridgehead atoms. The molecule has 17 rings (SSSR count). The van der Waals surface area contributed by atoms with Crippen molar-refractivity contribution in [2.75, 3.05) is 0 Å². The van der Waals surface area contributed by atoms with Crippen LogP contribution in [-0.4, -0.2) is 50.9 Å². The number of fused-ring (bicyclic) bond motifs is 9. The number of para-hydroxylation sites is 3. The molecule has 8 aromatic carbocycles. The minimum absolute atomic E-state index is 0. The zero-order valence-corrected chi connectivity index (χ0v) is 60.4. The molecule has 488 valence electrons. The highest BCUT2D eigenvalue weighted by Gasteiger charge is 2.38. The number of halogens is 5. The van der Waals surface area contributed by atoms with E-state index < -0.39 is 17.0 Å². The van der Waals surface area contributed by atoms with Crippen LogP contribution in [0.3, 0.4) is 0 Å². The number of benzene rings is 8. The SMILES string of the molecule is Br.C.Cc1ccc2c3ccccc3n(-c3cc(Br)ccn3)c2c1.Cc1ccc2c3ccccc3n(-c3cc(C4(O)CCCC4)ccn3)c2c1.Cc1ccc2c3ccccc3n(-c3cc(C4(c5ccccc5)CCCC4)ccn3)c2c1.O=C1CCCC1.[Cl][Al]([Cl])[Cl].c1ccccc1. The molecule has 3 aliphatic rings. The van der Waals surface area contributed by atoms with Gasteiger partial charge in [0.05, 0.1) is 38.7 Å². The topological polar surface area (TPSA) is 90.8 Å². The van der Waals surface area contributed by atoms with Crippen molar-refractivity contribution >= 4 is 146 Å². The normalized spacial score (nSPS) is 14.2. The molecule has 0 unspecified atom stereocenters. The van der Waals surface area contributed by atoms with Gasteiger partial charge < -0.3 is 5.11 Å². The number of carbonyl (C=O) groups is 1. The van der Waals surface area contributed by atoms with Gasteiger partial charge in [0.1, 0.15) is 23.2 Å². The lowest BCUT2D eigenvalue weighted by Crippen LogP contribution is -2.24. The number of rotatable bonds is 6. The summed E-state index contributed by atoms with van der Waals surface area (Å²) in [5, 5.41) is 18.6. The van der Waals surface area contributed by atoms with Crippen molar-refractivity contribution in [3.63, 3.8) is 0 Å². The Morgan fingerprint density at radius 1 is 0.396 bits per heavy atom. The number of Topliss-reactive ketones (excluding diaryl/α,β-unsaturated/α-hetero) is 1. The molecule has 0 radical (unpaired) electrons. The number of nitrogens with zero attached hydrogens (tertiary/aromatic N) is 6. The summed E-state index contributed by atoms with van der Waals surface area (Å²) in [5.74, 6) is 3.27. The Hall–Kier alpha value is -7.40. The zero-order valence-electron chi connectivity index (χ0n) is 53.7. The number of hydrogen-bond acceptors (Lipinski definition) is 5. The lowest BCUT2D eigenvalue weighted by atomic mass is 9.73. The van der Waals surface area contributed by atoms with E-state index in [4.69, 9.17) is 35.1 Å². The Balaban J connectivity index is 0.000000140. The van der Waals surface area contributed by atoms with Gasteiger partial charge >= 0.3 is 11.4 Å². The van der Waals surface area contributed by atoms with Crippen LogP contribution in [0, 0.1) is 20.8 Å². The van der Waals surface area contributed by atoms with Crippen LogP contribution in [0.15, 0.2) is 254 Å². The van der Waals surface area contributed by atoms with Crippen LogP contribution in [0.4, 0.5) is 0 Å². The third-order valence-electron chi connectivity index (χ3n) is 18.5. The first kappa shape index (κ1) is 71.4. The van der Waals surface area contributed by atoms with Gasteiger partial charge in [-0.25, -0.2) is 45.1 Å². The van der Waals surface area contributed by atoms with Crippen molar-refractivity contribution in [2.24, 2.45) is 0 Å². The van der Waals surface area contributed by atoms with Crippen LogP contribution >= 0.6 is 63.1 Å². The number of aliphatic hydroxyl groups is 1. The fraction of sp³-hybridized carbons (Fsp3) is 0.220. The quantitative estimate of drug-likeness (QED) is 0.168. The summed E-state index contributed by atoms with van der Waals surface area (Å²) in [6, 6.07) is 81.1. The van der Waals surface area contributed by atoms with E-state index in [1.54, 1.807) is 0 Å². The summed E-state index contributed by atoms with van der Waals surface area (Å²) in [4.78, 5) is 24.3. The molecule has 14 aromatic rings. The molecule has 6 aromatic heterocycles. The average molecular weight is 1470 g/mol. The van der Waals surface area contributed by atoms with E-state index in [9.17, 15) is 9.90 Å².